The van der Waals surface area contributed by atoms with E-state index in [1.54, 1.807) is 0 Å². The van der Waals surface area contributed by atoms with Crippen molar-refractivity contribution in [3.63, 3.8) is 0 Å². The molecule has 0 aliphatic heterocycles. The topological polar surface area (TPSA) is 71.1 Å². The fourth-order valence-electron chi connectivity index (χ4n) is 4.71. The number of hydrogen-bond acceptors (Lipinski definition) is 6. The summed E-state index contributed by atoms with van der Waals surface area (Å²) in [5.74, 6) is -0.641. The van der Waals surface area contributed by atoms with E-state index >= 15 is 0 Å². The Bertz CT molecular complexity index is 591. The molecule has 0 aromatic heterocycles. The van der Waals surface area contributed by atoms with Gasteiger partial charge in [0.15, 0.2) is 8.32 Å². The number of ether oxygens (including phenoxy) is 2. The molecule has 0 radical (unpaired) electrons. The number of methoxy groups -OCH3 is 2. The molecule has 8 heteroatoms. The number of carbonyl (C=O) groups is 2. The quantitative estimate of drug-likeness (QED) is 0.156. The van der Waals surface area contributed by atoms with Crippen LogP contribution < -0.4 is 0 Å². The standard InChI is InChI=1S/C25H52O6Si2/c1-17(2)33(18(3)4,19(5)6)31-21(20(7)23(16-26)28-11)15-22(24(27)29-12)30-32(13,14)25(8,9)10/h16-23H,15H2,1-14H3/t20-,21+,22-,23-/m0/s1. The van der Waals surface area contributed by atoms with Gasteiger partial charge in [0.2, 0.25) is 8.32 Å². The van der Waals surface area contributed by atoms with Crippen LogP contribution in [0.25, 0.3) is 0 Å². The van der Waals surface area contributed by atoms with Crippen molar-refractivity contribution >= 4 is 28.9 Å². The summed E-state index contributed by atoms with van der Waals surface area (Å²) in [5, 5.41) is -0.0641. The van der Waals surface area contributed by atoms with Gasteiger partial charge in [0, 0.05) is 19.4 Å². The highest BCUT2D eigenvalue weighted by molar-refractivity contribution is 6.77. The third-order valence-corrected chi connectivity index (χ3v) is 18.3. The molecule has 0 saturated heterocycles. The van der Waals surface area contributed by atoms with Gasteiger partial charge in [0.05, 0.1) is 13.2 Å². The molecular weight excluding hydrogens is 452 g/mol. The van der Waals surface area contributed by atoms with Gasteiger partial charge in [0.25, 0.3) is 0 Å². The molecule has 6 nitrogen and oxygen atoms in total. The Kier molecular flexibility index (Phi) is 12.7. The third-order valence-electron chi connectivity index (χ3n) is 7.73. The highest BCUT2D eigenvalue weighted by Gasteiger charge is 2.49. The number of carbonyl (C=O) groups excluding carboxylic acids is 2. The second-order valence-corrected chi connectivity index (χ2v) is 22.0. The first-order valence-corrected chi connectivity index (χ1v) is 17.4. The first-order valence-electron chi connectivity index (χ1n) is 12.3. The molecule has 0 rings (SSSR count). The van der Waals surface area contributed by atoms with Crippen molar-refractivity contribution in [2.24, 2.45) is 5.92 Å². The molecule has 4 atom stereocenters. The van der Waals surface area contributed by atoms with Gasteiger partial charge in [-0.1, -0.05) is 69.2 Å². The first-order chi connectivity index (χ1) is 14.9. The maximum absolute atomic E-state index is 12.9. The molecule has 0 heterocycles. The number of aldehydes is 1. The summed E-state index contributed by atoms with van der Waals surface area (Å²) in [6, 6.07) is 0. The average Bonchev–Trinajstić information content (AvgIpc) is 2.68. The summed E-state index contributed by atoms with van der Waals surface area (Å²) in [6.45, 7) is 26.0. The lowest BCUT2D eigenvalue weighted by molar-refractivity contribution is -0.151. The largest absolute Gasteiger partial charge is 0.467 e. The molecule has 0 aromatic rings. The summed E-state index contributed by atoms with van der Waals surface area (Å²) < 4.78 is 24.3. The van der Waals surface area contributed by atoms with Gasteiger partial charge in [-0.2, -0.15) is 0 Å². The van der Waals surface area contributed by atoms with E-state index in [1.807, 2.05) is 6.92 Å². The van der Waals surface area contributed by atoms with E-state index in [-0.39, 0.29) is 17.1 Å². The molecular formula is C25H52O6Si2. The Balaban J connectivity index is 6.46. The lowest BCUT2D eigenvalue weighted by atomic mass is 9.94. The van der Waals surface area contributed by atoms with E-state index in [9.17, 15) is 9.59 Å². The minimum Gasteiger partial charge on any atom is -0.467 e. The van der Waals surface area contributed by atoms with E-state index in [2.05, 4.69) is 75.4 Å². The van der Waals surface area contributed by atoms with Gasteiger partial charge in [-0.25, -0.2) is 4.79 Å². The highest BCUT2D eigenvalue weighted by atomic mass is 28.4. The Morgan fingerprint density at radius 3 is 1.64 bits per heavy atom. The summed E-state index contributed by atoms with van der Waals surface area (Å²) in [4.78, 5) is 24.7. The van der Waals surface area contributed by atoms with Crippen molar-refractivity contribution in [2.75, 3.05) is 14.2 Å². The summed E-state index contributed by atoms with van der Waals surface area (Å²) in [5.41, 5.74) is 1.09. The van der Waals surface area contributed by atoms with E-state index in [4.69, 9.17) is 18.3 Å². The van der Waals surface area contributed by atoms with Crippen LogP contribution >= 0.6 is 0 Å². The van der Waals surface area contributed by atoms with E-state index < -0.39 is 34.8 Å². The van der Waals surface area contributed by atoms with Crippen LogP contribution in [0, 0.1) is 5.92 Å². The zero-order valence-electron chi connectivity index (χ0n) is 23.8. The Labute approximate surface area is 205 Å². The van der Waals surface area contributed by atoms with Crippen LogP contribution in [0.4, 0.5) is 0 Å². The maximum atomic E-state index is 12.9. The van der Waals surface area contributed by atoms with Crippen molar-refractivity contribution in [2.45, 2.75) is 129 Å². The number of hydrogen-bond donors (Lipinski definition) is 0. The van der Waals surface area contributed by atoms with Gasteiger partial charge < -0.3 is 23.1 Å². The fraction of sp³-hybridized carbons (Fsp3) is 0.920. The fourth-order valence-corrected chi connectivity index (χ4v) is 11.6. The Morgan fingerprint density at radius 2 is 1.33 bits per heavy atom. The van der Waals surface area contributed by atoms with Gasteiger partial charge in [-0.3, -0.25) is 0 Å². The smallest absolute Gasteiger partial charge is 0.333 e. The number of rotatable bonds is 14. The Morgan fingerprint density at radius 1 is 0.879 bits per heavy atom. The van der Waals surface area contributed by atoms with Gasteiger partial charge in [-0.15, -0.1) is 0 Å². The summed E-state index contributed by atoms with van der Waals surface area (Å²) >= 11 is 0. The van der Waals surface area contributed by atoms with Crippen LogP contribution in [-0.4, -0.2) is 61.4 Å². The molecule has 0 aromatic carbocycles. The predicted molar refractivity (Wildman–Crippen MR) is 141 cm³/mol. The maximum Gasteiger partial charge on any atom is 0.333 e. The van der Waals surface area contributed by atoms with Crippen molar-refractivity contribution in [3.05, 3.63) is 0 Å². The summed E-state index contributed by atoms with van der Waals surface area (Å²) in [7, 11) is -1.63. The van der Waals surface area contributed by atoms with Crippen molar-refractivity contribution in [1.29, 1.82) is 0 Å². The lowest BCUT2D eigenvalue weighted by Gasteiger charge is -2.47. The molecule has 0 N–H and O–H groups in total. The zero-order valence-corrected chi connectivity index (χ0v) is 25.8. The molecule has 0 aliphatic rings. The molecule has 196 valence electrons. The minimum absolute atomic E-state index is 0.0641. The third kappa shape index (κ3) is 7.99. The summed E-state index contributed by atoms with van der Waals surface area (Å²) in [6.07, 6.45) is -0.612. The molecule has 0 spiro atoms. The Hall–Kier alpha value is -0.546. The van der Waals surface area contributed by atoms with Crippen LogP contribution in [0.2, 0.25) is 34.8 Å². The second kappa shape index (κ2) is 13.0. The monoisotopic (exact) mass is 504 g/mol. The zero-order chi connectivity index (χ0) is 26.4. The molecule has 33 heavy (non-hydrogen) atoms. The molecule has 0 saturated carbocycles. The van der Waals surface area contributed by atoms with Crippen LogP contribution in [0.3, 0.4) is 0 Å². The normalized spacial score (nSPS) is 17.2. The molecule has 0 fully saturated rings. The first kappa shape index (κ1) is 32.5. The second-order valence-electron chi connectivity index (χ2n) is 11.8. The SMILES string of the molecule is COC(=O)[C@H](C[C@@H](O[Si](C(C)C)(C(C)C)C(C)C)[C@H](C)[C@H](C=O)OC)O[Si](C)(C)C(C)(C)C. The van der Waals surface area contributed by atoms with Gasteiger partial charge in [-0.05, 0) is 34.8 Å². The van der Waals surface area contributed by atoms with Crippen molar-refractivity contribution in [1.82, 2.24) is 0 Å². The van der Waals surface area contributed by atoms with Crippen molar-refractivity contribution in [3.8, 4) is 0 Å². The van der Waals surface area contributed by atoms with Gasteiger partial charge in [0.1, 0.15) is 18.5 Å². The highest BCUT2D eigenvalue weighted by Crippen LogP contribution is 2.45. The van der Waals surface area contributed by atoms with Crippen LogP contribution in [0.1, 0.15) is 75.7 Å². The molecule has 0 unspecified atom stereocenters. The molecule has 0 bridgehead atoms. The van der Waals surface area contributed by atoms with Crippen LogP contribution in [0.15, 0.2) is 0 Å². The van der Waals surface area contributed by atoms with Crippen LogP contribution in [0.5, 0.6) is 0 Å². The molecule has 0 aliphatic carbocycles. The molecule has 0 amide bonds. The van der Waals surface area contributed by atoms with Crippen molar-refractivity contribution < 1.29 is 27.9 Å². The average molecular weight is 505 g/mol. The van der Waals surface area contributed by atoms with Crippen LogP contribution in [-0.2, 0) is 27.9 Å². The van der Waals surface area contributed by atoms with E-state index in [1.165, 1.54) is 14.2 Å². The van der Waals surface area contributed by atoms with E-state index in [0.717, 1.165) is 6.29 Å². The minimum atomic E-state index is -2.30. The lowest BCUT2D eigenvalue weighted by Crippen LogP contribution is -2.54. The van der Waals surface area contributed by atoms with E-state index in [0.29, 0.717) is 23.0 Å². The van der Waals surface area contributed by atoms with Gasteiger partial charge >= 0.3 is 5.97 Å². The number of esters is 1. The predicted octanol–water partition coefficient (Wildman–Crippen LogP) is 6.35.